The maximum absolute atomic E-state index is 14.2. The van der Waals surface area contributed by atoms with E-state index in [9.17, 15) is 24.6 Å². The molecule has 6 aromatic rings. The summed E-state index contributed by atoms with van der Waals surface area (Å²) in [5.74, 6) is -1.09. The van der Waals surface area contributed by atoms with Crippen LogP contribution in [0.5, 0.6) is 0 Å². The molecule has 7 aliphatic rings. The van der Waals surface area contributed by atoms with Crippen molar-refractivity contribution in [1.82, 2.24) is 10.6 Å². The second-order valence-electron chi connectivity index (χ2n) is 26.9. The van der Waals surface area contributed by atoms with Crippen LogP contribution in [0.3, 0.4) is 0 Å². The zero-order valence-corrected chi connectivity index (χ0v) is 55.0. The molecule has 6 aromatic carbocycles. The number of nitrogens with one attached hydrogen (secondary N) is 2. The molecule has 6 aliphatic heterocycles. The van der Waals surface area contributed by atoms with Crippen molar-refractivity contribution in [2.24, 2.45) is 11.8 Å². The minimum absolute atomic E-state index is 0.00136. The summed E-state index contributed by atoms with van der Waals surface area (Å²) in [5.41, 5.74) is 3.19. The van der Waals surface area contributed by atoms with Crippen LogP contribution >= 0.6 is 0 Å². The van der Waals surface area contributed by atoms with Gasteiger partial charge in [0.1, 0.15) is 80.2 Å². The van der Waals surface area contributed by atoms with Gasteiger partial charge in [0, 0.05) is 11.5 Å². The molecule has 4 N–H and O–H groups in total. The second kappa shape index (κ2) is 29.4. The predicted molar refractivity (Wildman–Crippen MR) is 348 cm³/mol. The number of rotatable bonds is 19. The second-order valence-corrected chi connectivity index (χ2v) is 31.2. The number of aliphatic hydroxyl groups excluding tert-OH is 2. The number of alkyl carbamates (subject to hydrolysis) is 2. The third-order valence-corrected chi connectivity index (χ3v) is 24.7. The van der Waals surface area contributed by atoms with E-state index in [1.54, 1.807) is 0 Å². The standard InChI is InChI=1S/C74H86N2O18Si/c1-6-52-65(92-69-57(75-72(80)83-41-45-25-13-7-14-26-45)59(78)63-54(87-69)38-37-53(85-63)47-29-17-9-18-30-47)67(94-95(74(3,4)5,50-33-21-11-22-34-50)51-35-23-12-24-36-51)71(86-52)93-66-61(44(2)39-49-40-56(77)89-62(49)66)90-70-58(76-73(81)84-42-46-27-15-8-16-28-46)60(79)64-55(88-70)43-82-68(91-64)48-31-19-10-20-32-48/h7-36,44,49,52-55,57-71,78-79H,6,37-43H2,1-5H3,(H,75,80)(H,76,81)/t44-,49-,52+,53?,54-,55+,57+,58+,59+,60-,61+,62-,63+,64+,65+,66-,67+,68?,69+,70+,71-/m0/s1. The molecule has 0 radical (unpaired) electrons. The Balaban J connectivity index is 0.864. The Morgan fingerprint density at radius 3 is 1.60 bits per heavy atom. The third kappa shape index (κ3) is 14.4. The number of esters is 1. The third-order valence-electron chi connectivity index (χ3n) is 19.6. The maximum Gasteiger partial charge on any atom is 0.407 e. The molecule has 0 bridgehead atoms. The number of ether oxygens (including phenoxy) is 12. The molecule has 504 valence electrons. The lowest BCUT2D eigenvalue weighted by Crippen LogP contribution is -2.70. The van der Waals surface area contributed by atoms with E-state index in [1.165, 1.54) is 0 Å². The van der Waals surface area contributed by atoms with E-state index in [4.69, 9.17) is 61.3 Å². The lowest BCUT2D eigenvalue weighted by atomic mass is 9.76. The van der Waals surface area contributed by atoms with Gasteiger partial charge in [-0.25, -0.2) is 9.59 Å². The van der Waals surface area contributed by atoms with Crippen molar-refractivity contribution < 1.29 is 85.9 Å². The highest BCUT2D eigenvalue weighted by atomic mass is 28.4. The van der Waals surface area contributed by atoms with Crippen LogP contribution < -0.4 is 21.0 Å². The molecule has 6 heterocycles. The van der Waals surface area contributed by atoms with Crippen molar-refractivity contribution in [3.05, 3.63) is 204 Å². The van der Waals surface area contributed by atoms with Gasteiger partial charge in [-0.05, 0) is 63.7 Å². The lowest BCUT2D eigenvalue weighted by molar-refractivity contribution is -0.360. The number of carbonyl (C=O) groups is 3. The Morgan fingerprint density at radius 1 is 0.558 bits per heavy atom. The molecule has 7 fully saturated rings. The first-order valence-corrected chi connectivity index (χ1v) is 35.3. The average Bonchev–Trinajstić information content (AvgIpc) is 1.73. The number of hydrogen-bond acceptors (Lipinski definition) is 18. The Kier molecular flexibility index (Phi) is 20.6. The topological polar surface area (TPSA) is 236 Å². The molecule has 0 spiro atoms. The largest absolute Gasteiger partial charge is 0.459 e. The average molecular weight is 1320 g/mol. The Labute approximate surface area is 555 Å². The fraction of sp³-hybridized carbons (Fsp3) is 0.473. The zero-order valence-electron chi connectivity index (χ0n) is 54.0. The minimum Gasteiger partial charge on any atom is -0.459 e. The van der Waals surface area contributed by atoms with Crippen LogP contribution in [-0.4, -0.2) is 147 Å². The Bertz CT molecular complexity index is 3430. The van der Waals surface area contributed by atoms with Gasteiger partial charge in [-0.1, -0.05) is 217 Å². The molecule has 1 saturated carbocycles. The van der Waals surface area contributed by atoms with Gasteiger partial charge in [0.25, 0.3) is 8.32 Å². The van der Waals surface area contributed by atoms with Crippen LogP contribution in [0, 0.1) is 11.8 Å². The highest BCUT2D eigenvalue weighted by molar-refractivity contribution is 6.99. The highest BCUT2D eigenvalue weighted by Crippen LogP contribution is 2.48. The van der Waals surface area contributed by atoms with E-state index < -0.39 is 142 Å². The number of fused-ring (bicyclic) bond motifs is 3. The summed E-state index contributed by atoms with van der Waals surface area (Å²) in [5, 5.41) is 32.5. The van der Waals surface area contributed by atoms with Gasteiger partial charge in [0.2, 0.25) is 0 Å². The van der Waals surface area contributed by atoms with Crippen LogP contribution in [0.2, 0.25) is 5.04 Å². The Morgan fingerprint density at radius 2 is 1.05 bits per heavy atom. The van der Waals surface area contributed by atoms with Crippen LogP contribution in [-0.2, 0) is 79.3 Å². The molecule has 2 unspecified atom stereocenters. The van der Waals surface area contributed by atoms with Crippen molar-refractivity contribution in [2.75, 3.05) is 6.61 Å². The van der Waals surface area contributed by atoms with Crippen molar-refractivity contribution in [3.63, 3.8) is 0 Å². The van der Waals surface area contributed by atoms with Gasteiger partial charge in [-0.2, -0.15) is 0 Å². The summed E-state index contributed by atoms with van der Waals surface area (Å²) in [6.45, 7) is 10.3. The normalized spacial score (nSPS) is 33.8. The fourth-order valence-corrected chi connectivity index (χ4v) is 19.6. The zero-order chi connectivity index (χ0) is 65.8. The molecule has 21 atom stereocenters. The van der Waals surface area contributed by atoms with E-state index in [-0.39, 0.29) is 44.2 Å². The molecule has 20 nitrogen and oxygen atoms in total. The molecule has 13 rings (SSSR count). The van der Waals surface area contributed by atoms with Gasteiger partial charge in [-0.15, -0.1) is 0 Å². The number of benzene rings is 6. The summed E-state index contributed by atoms with van der Waals surface area (Å²) in [7, 11) is -3.63. The number of aliphatic hydroxyl groups is 2. The van der Waals surface area contributed by atoms with E-state index >= 15 is 0 Å². The SMILES string of the molecule is CC[C@H]1O[C@@H](O[C@@H]2[C@H]3OC(=O)C[C@@H]3C[C@H](C)[C@H]2O[C@H]2O[C@@H]3COC(c4ccccc4)O[C@H]3[C@@H](O)[C@H]2NC(=O)OCc2ccccc2)[C@H](O[Si](c2ccccc2)(c2ccccc2)C(C)(C)C)[C@@H]1O[C@H]1O[C@H]2CCC(c3ccccc3)O[C@H]2[C@H](O)[C@H]1NC(=O)OCc1ccccc1. The monoisotopic (exact) mass is 1320 g/mol. The van der Waals surface area contributed by atoms with Crippen molar-refractivity contribution in [3.8, 4) is 0 Å². The molecule has 0 aromatic heterocycles. The molecular weight excluding hydrogens is 1230 g/mol. The first kappa shape index (κ1) is 66.7. The van der Waals surface area contributed by atoms with E-state index in [2.05, 4.69) is 55.7 Å². The van der Waals surface area contributed by atoms with Crippen LogP contribution in [0.1, 0.15) is 101 Å². The maximum atomic E-state index is 14.2. The predicted octanol–water partition coefficient (Wildman–Crippen LogP) is 8.99. The van der Waals surface area contributed by atoms with Gasteiger partial charge in [0.05, 0.1) is 37.4 Å². The van der Waals surface area contributed by atoms with E-state index in [0.29, 0.717) is 25.7 Å². The number of hydrogen-bond donors (Lipinski definition) is 4. The fourth-order valence-electron chi connectivity index (χ4n) is 15.0. The van der Waals surface area contributed by atoms with Crippen LogP contribution in [0.15, 0.2) is 182 Å². The van der Waals surface area contributed by atoms with Gasteiger partial charge < -0.3 is 82.1 Å². The molecule has 21 heteroatoms. The van der Waals surface area contributed by atoms with Gasteiger partial charge >= 0.3 is 18.2 Å². The van der Waals surface area contributed by atoms with E-state index in [1.807, 2.05) is 172 Å². The van der Waals surface area contributed by atoms with Gasteiger partial charge in [0.15, 0.2) is 25.2 Å². The molecule has 6 saturated heterocycles. The number of carbonyl (C=O) groups excluding carboxylic acids is 3. The quantitative estimate of drug-likeness (QED) is 0.0336. The van der Waals surface area contributed by atoms with E-state index in [0.717, 1.165) is 32.6 Å². The first-order chi connectivity index (χ1) is 46.1. The molecular formula is C74H86N2O18Si. The summed E-state index contributed by atoms with van der Waals surface area (Å²) >= 11 is 0. The Hall–Kier alpha value is -6.93. The smallest absolute Gasteiger partial charge is 0.407 e. The summed E-state index contributed by atoms with van der Waals surface area (Å²) in [6.07, 6.45) is -17.1. The van der Waals surface area contributed by atoms with Crippen molar-refractivity contribution in [1.29, 1.82) is 0 Å². The van der Waals surface area contributed by atoms with Crippen molar-refractivity contribution >= 4 is 36.8 Å². The molecule has 2 amide bonds. The van der Waals surface area contributed by atoms with Crippen molar-refractivity contribution in [2.45, 2.75) is 202 Å². The highest BCUT2D eigenvalue weighted by Gasteiger charge is 2.62. The van der Waals surface area contributed by atoms with Crippen LogP contribution in [0.25, 0.3) is 0 Å². The molecule has 1 aliphatic carbocycles. The number of amides is 2. The lowest BCUT2D eigenvalue weighted by Gasteiger charge is -2.50. The minimum atomic E-state index is -3.63. The molecule has 95 heavy (non-hydrogen) atoms. The van der Waals surface area contributed by atoms with Crippen LogP contribution in [0.4, 0.5) is 9.59 Å². The summed E-state index contributed by atoms with van der Waals surface area (Å²) in [6, 6.07) is 55.4. The first-order valence-electron chi connectivity index (χ1n) is 33.4. The summed E-state index contributed by atoms with van der Waals surface area (Å²) < 4.78 is 88.9. The van der Waals surface area contributed by atoms with Gasteiger partial charge in [-0.3, -0.25) is 4.79 Å². The summed E-state index contributed by atoms with van der Waals surface area (Å²) in [4.78, 5) is 41.9.